The van der Waals surface area contributed by atoms with E-state index in [0.29, 0.717) is 5.92 Å². The quantitative estimate of drug-likeness (QED) is 0.863. The van der Waals surface area contributed by atoms with Crippen molar-refractivity contribution in [2.75, 3.05) is 31.2 Å². The predicted octanol–water partition coefficient (Wildman–Crippen LogP) is 2.40. The minimum absolute atomic E-state index is 0.438. The van der Waals surface area contributed by atoms with Crippen LogP contribution in [0.25, 0.3) is 0 Å². The van der Waals surface area contributed by atoms with Gasteiger partial charge in [0.15, 0.2) is 0 Å². The van der Waals surface area contributed by atoms with Gasteiger partial charge in [-0.05, 0) is 32.1 Å². The molecule has 2 aliphatic rings. The molecule has 0 N–H and O–H groups in total. The third kappa shape index (κ3) is 3.29. The third-order valence-corrected chi connectivity index (χ3v) is 5.34. The van der Waals surface area contributed by atoms with Crippen LogP contribution in [-0.2, 0) is 11.3 Å². The van der Waals surface area contributed by atoms with E-state index in [1.807, 2.05) is 6.20 Å². The van der Waals surface area contributed by atoms with E-state index in [2.05, 4.69) is 43.6 Å². The van der Waals surface area contributed by atoms with Crippen LogP contribution in [0.4, 0.5) is 5.82 Å². The highest BCUT2D eigenvalue weighted by molar-refractivity contribution is 5.40. The van der Waals surface area contributed by atoms with Crippen molar-refractivity contribution in [3.8, 4) is 0 Å². The van der Waals surface area contributed by atoms with Crippen LogP contribution in [0.3, 0.4) is 0 Å². The minimum atomic E-state index is 0.438. The van der Waals surface area contributed by atoms with E-state index in [0.717, 1.165) is 62.5 Å². The number of aromatic nitrogens is 4. The molecule has 2 aromatic heterocycles. The van der Waals surface area contributed by atoms with Crippen LogP contribution in [0.2, 0.25) is 0 Å². The summed E-state index contributed by atoms with van der Waals surface area (Å²) in [6.07, 6.45) is 9.15. The van der Waals surface area contributed by atoms with Crippen molar-refractivity contribution in [2.24, 2.45) is 5.92 Å². The van der Waals surface area contributed by atoms with Crippen molar-refractivity contribution in [1.82, 2.24) is 19.5 Å². The van der Waals surface area contributed by atoms with Gasteiger partial charge in [0.1, 0.15) is 18.0 Å². The number of hydrogen-bond donors (Lipinski definition) is 0. The molecular formula is C18H25N5O. The van der Waals surface area contributed by atoms with Crippen LogP contribution in [0.5, 0.6) is 0 Å². The molecule has 6 heteroatoms. The van der Waals surface area contributed by atoms with Crippen molar-refractivity contribution in [1.29, 1.82) is 0 Å². The second kappa shape index (κ2) is 6.89. The summed E-state index contributed by atoms with van der Waals surface area (Å²) in [5, 5.41) is 0. The van der Waals surface area contributed by atoms with Crippen molar-refractivity contribution >= 4 is 5.82 Å². The Bertz CT molecular complexity index is 672. The molecule has 4 rings (SSSR count). The maximum Gasteiger partial charge on any atom is 0.132 e. The van der Waals surface area contributed by atoms with Crippen molar-refractivity contribution in [3.05, 3.63) is 36.3 Å². The second-order valence-corrected chi connectivity index (χ2v) is 6.92. The Morgan fingerprint density at radius 3 is 2.75 bits per heavy atom. The Morgan fingerprint density at radius 1 is 1.17 bits per heavy atom. The normalized spacial score (nSPS) is 22.2. The van der Waals surface area contributed by atoms with Gasteiger partial charge in [-0.25, -0.2) is 15.0 Å². The van der Waals surface area contributed by atoms with Gasteiger partial charge in [-0.3, -0.25) is 0 Å². The number of piperidine rings is 1. The molecule has 0 unspecified atom stereocenters. The Balaban J connectivity index is 1.37. The highest BCUT2D eigenvalue weighted by Gasteiger charge is 2.23. The van der Waals surface area contributed by atoms with Gasteiger partial charge in [-0.1, -0.05) is 0 Å². The van der Waals surface area contributed by atoms with Gasteiger partial charge >= 0.3 is 0 Å². The SMILES string of the molecule is Cc1nccn1CC1CCN(c2cc([C@@H]3CCOC3)ncn2)CC1. The van der Waals surface area contributed by atoms with E-state index >= 15 is 0 Å². The summed E-state index contributed by atoms with van der Waals surface area (Å²) < 4.78 is 7.76. The average molecular weight is 327 g/mol. The average Bonchev–Trinajstić information content (AvgIpc) is 3.28. The number of imidazole rings is 1. The fourth-order valence-corrected chi connectivity index (χ4v) is 3.74. The highest BCUT2D eigenvalue weighted by atomic mass is 16.5. The Labute approximate surface area is 142 Å². The molecule has 2 aromatic rings. The molecular weight excluding hydrogens is 302 g/mol. The number of aryl methyl sites for hydroxylation is 1. The lowest BCUT2D eigenvalue weighted by atomic mass is 9.96. The maximum absolute atomic E-state index is 5.49. The lowest BCUT2D eigenvalue weighted by molar-refractivity contribution is 0.193. The topological polar surface area (TPSA) is 56.1 Å². The molecule has 128 valence electrons. The van der Waals surface area contributed by atoms with Crippen LogP contribution < -0.4 is 4.90 Å². The molecule has 0 saturated carbocycles. The van der Waals surface area contributed by atoms with E-state index in [4.69, 9.17) is 4.74 Å². The number of nitrogens with zero attached hydrogens (tertiary/aromatic N) is 5. The van der Waals surface area contributed by atoms with E-state index in [1.165, 1.54) is 12.8 Å². The fourth-order valence-electron chi connectivity index (χ4n) is 3.74. The van der Waals surface area contributed by atoms with E-state index < -0.39 is 0 Å². The number of ether oxygens (including phenoxy) is 1. The Morgan fingerprint density at radius 2 is 2.04 bits per heavy atom. The summed E-state index contributed by atoms with van der Waals surface area (Å²) in [6.45, 7) is 6.93. The van der Waals surface area contributed by atoms with Crippen molar-refractivity contribution in [2.45, 2.75) is 38.6 Å². The lowest BCUT2D eigenvalue weighted by Gasteiger charge is -2.33. The Kier molecular flexibility index (Phi) is 4.47. The van der Waals surface area contributed by atoms with Gasteiger partial charge in [0.05, 0.1) is 12.3 Å². The van der Waals surface area contributed by atoms with Gasteiger partial charge in [-0.15, -0.1) is 0 Å². The van der Waals surface area contributed by atoms with Gasteiger partial charge in [-0.2, -0.15) is 0 Å². The highest BCUT2D eigenvalue weighted by Crippen LogP contribution is 2.27. The monoisotopic (exact) mass is 327 g/mol. The van der Waals surface area contributed by atoms with Gasteiger partial charge in [0.2, 0.25) is 0 Å². The summed E-state index contributed by atoms with van der Waals surface area (Å²) in [6, 6.07) is 2.17. The summed E-state index contributed by atoms with van der Waals surface area (Å²) in [5.74, 6) is 3.34. The standard InChI is InChI=1S/C18H25N5O/c1-14-19-5-8-23(14)11-15-2-6-22(7-3-15)18-10-17(20-13-21-18)16-4-9-24-12-16/h5,8,10,13,15-16H,2-4,6-7,9,11-12H2,1H3/t16-/m1/s1. The zero-order chi connectivity index (χ0) is 16.4. The molecule has 6 nitrogen and oxygen atoms in total. The third-order valence-electron chi connectivity index (χ3n) is 5.34. The van der Waals surface area contributed by atoms with Crippen LogP contribution in [0, 0.1) is 12.8 Å². The fraction of sp³-hybridized carbons (Fsp3) is 0.611. The number of rotatable bonds is 4. The van der Waals surface area contributed by atoms with Crippen molar-refractivity contribution < 1.29 is 4.74 Å². The predicted molar refractivity (Wildman–Crippen MR) is 92.1 cm³/mol. The molecule has 4 heterocycles. The second-order valence-electron chi connectivity index (χ2n) is 6.92. The molecule has 2 saturated heterocycles. The number of anilines is 1. The van der Waals surface area contributed by atoms with E-state index in [9.17, 15) is 0 Å². The Hall–Kier alpha value is -1.95. The summed E-state index contributed by atoms with van der Waals surface area (Å²) >= 11 is 0. The van der Waals surface area contributed by atoms with Gasteiger partial charge in [0.25, 0.3) is 0 Å². The van der Waals surface area contributed by atoms with Crippen LogP contribution in [0.1, 0.15) is 36.7 Å². The maximum atomic E-state index is 5.49. The first-order valence-electron chi connectivity index (χ1n) is 8.92. The molecule has 2 fully saturated rings. The molecule has 1 atom stereocenters. The molecule has 0 spiro atoms. The molecule has 0 amide bonds. The smallest absolute Gasteiger partial charge is 0.132 e. The van der Waals surface area contributed by atoms with Crippen molar-refractivity contribution in [3.63, 3.8) is 0 Å². The molecule has 24 heavy (non-hydrogen) atoms. The largest absolute Gasteiger partial charge is 0.381 e. The van der Waals surface area contributed by atoms with Crippen LogP contribution in [0.15, 0.2) is 24.8 Å². The molecule has 0 aliphatic carbocycles. The van der Waals surface area contributed by atoms with Gasteiger partial charge < -0.3 is 14.2 Å². The van der Waals surface area contributed by atoms with Crippen LogP contribution in [-0.4, -0.2) is 45.8 Å². The zero-order valence-electron chi connectivity index (χ0n) is 14.3. The molecule has 2 aliphatic heterocycles. The molecule has 0 radical (unpaired) electrons. The van der Waals surface area contributed by atoms with Crippen LogP contribution >= 0.6 is 0 Å². The van der Waals surface area contributed by atoms with Gasteiger partial charge in [0, 0.05) is 50.6 Å². The summed E-state index contributed by atoms with van der Waals surface area (Å²) in [4.78, 5) is 15.7. The lowest BCUT2D eigenvalue weighted by Crippen LogP contribution is -2.35. The summed E-state index contributed by atoms with van der Waals surface area (Å²) in [5.41, 5.74) is 1.13. The minimum Gasteiger partial charge on any atom is -0.381 e. The molecule has 0 aromatic carbocycles. The first-order valence-corrected chi connectivity index (χ1v) is 8.92. The first kappa shape index (κ1) is 15.6. The van der Waals surface area contributed by atoms with E-state index in [1.54, 1.807) is 6.33 Å². The van der Waals surface area contributed by atoms with E-state index in [-0.39, 0.29) is 0 Å². The first-order chi connectivity index (χ1) is 11.8. The zero-order valence-corrected chi connectivity index (χ0v) is 14.3. The summed E-state index contributed by atoms with van der Waals surface area (Å²) in [7, 11) is 0. The molecule has 0 bridgehead atoms. The number of hydrogen-bond acceptors (Lipinski definition) is 5.